The second-order valence-electron chi connectivity index (χ2n) is 9.44. The third-order valence-corrected chi connectivity index (χ3v) is 9.55. The van der Waals surface area contributed by atoms with E-state index in [1.54, 1.807) is 31.0 Å². The normalized spacial score (nSPS) is 18.9. The van der Waals surface area contributed by atoms with Crippen molar-refractivity contribution in [3.05, 3.63) is 52.9 Å². The smallest absolute Gasteiger partial charge is 0.352 e. The molecule has 1 saturated heterocycles. The number of nitrogens with two attached hydrogens (primary N) is 2. The summed E-state index contributed by atoms with van der Waals surface area (Å²) in [5, 5.41) is 18.9. The highest BCUT2D eigenvalue weighted by Gasteiger charge is 2.54. The predicted octanol–water partition coefficient (Wildman–Crippen LogP) is 0.914. The SMILES string of the molecule is CCO/N=C(\C(=O)N[C@@H]1C(=O)N2C(C(=O)O)=C(C[n+]3ccn4c(SCCN=C(C)N)cccc43)CS[C@H]12)c1csc(N)n1. The number of β-lactam (4-membered cyclic amide) rings is 1. The van der Waals surface area contributed by atoms with Gasteiger partial charge in [-0.25, -0.2) is 14.3 Å². The number of aliphatic imine (C=N–C) groups is 1. The molecule has 2 aliphatic heterocycles. The highest BCUT2D eigenvalue weighted by molar-refractivity contribution is 8.00. The third-order valence-electron chi connectivity index (χ3n) is 6.52. The molecule has 3 aromatic rings. The Hall–Kier alpha value is -4.09. The number of oxime groups is 1. The van der Waals surface area contributed by atoms with E-state index in [-0.39, 0.29) is 35.4 Å². The van der Waals surface area contributed by atoms with E-state index >= 15 is 0 Å². The largest absolute Gasteiger partial charge is 0.477 e. The number of pyridine rings is 1. The van der Waals surface area contributed by atoms with Gasteiger partial charge in [0.1, 0.15) is 48.4 Å². The molecule has 14 nitrogen and oxygen atoms in total. The summed E-state index contributed by atoms with van der Waals surface area (Å²) in [5.41, 5.74) is 12.8. The number of aromatic nitrogens is 3. The monoisotopic (exact) mass is 644 g/mol. The number of carbonyl (C=O) groups is 3. The minimum absolute atomic E-state index is 0.0675. The van der Waals surface area contributed by atoms with Crippen molar-refractivity contribution in [2.45, 2.75) is 36.8 Å². The molecule has 0 aromatic carbocycles. The van der Waals surface area contributed by atoms with Crippen molar-refractivity contribution in [1.82, 2.24) is 19.6 Å². The van der Waals surface area contributed by atoms with Gasteiger partial charge in [-0.3, -0.25) is 19.5 Å². The van der Waals surface area contributed by atoms with Crippen LogP contribution in [0, 0.1) is 0 Å². The lowest BCUT2D eigenvalue weighted by atomic mass is 10.0. The Bertz CT molecular complexity index is 1660. The zero-order valence-electron chi connectivity index (χ0n) is 23.3. The van der Waals surface area contributed by atoms with Crippen molar-refractivity contribution in [3.63, 3.8) is 0 Å². The van der Waals surface area contributed by atoms with Gasteiger partial charge in [0.25, 0.3) is 17.5 Å². The molecule has 2 amide bonds. The number of thioether (sulfide) groups is 2. The lowest BCUT2D eigenvalue weighted by Crippen LogP contribution is -2.71. The molecule has 0 spiro atoms. The Morgan fingerprint density at radius 3 is 2.88 bits per heavy atom. The standard InChI is InChI=1S/C26H29N9O5S3/c1-3-40-32-19(16-13-43-26(28)30-16)22(36)31-20-23(37)35-21(25(38)39)15(12-42-24(20)35)11-33-8-9-34-17(33)5-4-6-18(34)41-10-7-29-14(2)27/h4-6,8-9,13,20,24H,3,7,10-12H2,1-2H3,(H5-,27,28,29,30,31,36,38,39)/p+1/b32-19-/t20-,24-/m1/s1. The van der Waals surface area contributed by atoms with Crippen LogP contribution in [0.4, 0.5) is 5.13 Å². The van der Waals surface area contributed by atoms with Crippen molar-refractivity contribution < 1.29 is 28.9 Å². The summed E-state index contributed by atoms with van der Waals surface area (Å²) in [7, 11) is 0. The van der Waals surface area contributed by atoms with Gasteiger partial charge in [-0.2, -0.15) is 4.40 Å². The van der Waals surface area contributed by atoms with Crippen LogP contribution in [-0.2, 0) is 25.8 Å². The highest BCUT2D eigenvalue weighted by atomic mass is 32.2. The van der Waals surface area contributed by atoms with Crippen LogP contribution in [0.3, 0.4) is 0 Å². The zero-order valence-corrected chi connectivity index (χ0v) is 25.7. The van der Waals surface area contributed by atoms with E-state index < -0.39 is 29.2 Å². The Morgan fingerprint density at radius 1 is 1.37 bits per heavy atom. The number of anilines is 1. The van der Waals surface area contributed by atoms with E-state index in [0.717, 1.165) is 27.8 Å². The van der Waals surface area contributed by atoms with E-state index in [0.29, 0.717) is 23.7 Å². The van der Waals surface area contributed by atoms with Crippen molar-refractivity contribution in [1.29, 1.82) is 0 Å². The average molecular weight is 645 g/mol. The molecular formula is C26H30N9O5S3+. The van der Waals surface area contributed by atoms with Gasteiger partial charge < -0.3 is 26.7 Å². The van der Waals surface area contributed by atoms with Gasteiger partial charge in [0, 0.05) is 28.5 Å². The molecule has 2 atom stereocenters. The predicted molar refractivity (Wildman–Crippen MR) is 165 cm³/mol. The fourth-order valence-corrected chi connectivity index (χ4v) is 7.41. The van der Waals surface area contributed by atoms with Crippen LogP contribution in [0.1, 0.15) is 19.5 Å². The lowest BCUT2D eigenvalue weighted by Gasteiger charge is -2.49. The van der Waals surface area contributed by atoms with Crippen LogP contribution in [0.2, 0.25) is 0 Å². The average Bonchev–Trinajstić information content (AvgIpc) is 3.60. The summed E-state index contributed by atoms with van der Waals surface area (Å²) in [5.74, 6) is -0.730. The summed E-state index contributed by atoms with van der Waals surface area (Å²) in [6.07, 6.45) is 3.81. The first-order valence-electron chi connectivity index (χ1n) is 13.2. The van der Waals surface area contributed by atoms with Gasteiger partial charge in [0.2, 0.25) is 0 Å². The number of carbonyl (C=O) groups excluding carboxylic acids is 2. The molecule has 1 fully saturated rings. The molecule has 0 saturated carbocycles. The number of carboxylic acids is 1. The minimum atomic E-state index is -1.20. The van der Waals surface area contributed by atoms with Crippen LogP contribution in [0.5, 0.6) is 0 Å². The summed E-state index contributed by atoms with van der Waals surface area (Å²) in [6.45, 7) is 4.57. The maximum Gasteiger partial charge on any atom is 0.352 e. The molecule has 6 N–H and O–H groups in total. The molecule has 5 rings (SSSR count). The van der Waals surface area contributed by atoms with Crippen LogP contribution in [0.15, 0.2) is 62.4 Å². The molecule has 17 heteroatoms. The number of hydrogen-bond donors (Lipinski definition) is 4. The molecule has 5 heterocycles. The number of aliphatic carboxylic acids is 1. The van der Waals surface area contributed by atoms with E-state index in [4.69, 9.17) is 16.3 Å². The number of fused-ring (bicyclic) bond motifs is 2. The molecule has 2 aliphatic rings. The maximum atomic E-state index is 13.3. The van der Waals surface area contributed by atoms with Crippen molar-refractivity contribution >= 4 is 75.0 Å². The van der Waals surface area contributed by atoms with Gasteiger partial charge >= 0.3 is 5.97 Å². The van der Waals surface area contributed by atoms with Gasteiger partial charge in [-0.15, -0.1) is 23.1 Å². The summed E-state index contributed by atoms with van der Waals surface area (Å²) in [4.78, 5) is 53.5. The van der Waals surface area contributed by atoms with Gasteiger partial charge in [0.15, 0.2) is 15.9 Å². The zero-order chi connectivity index (χ0) is 30.7. The van der Waals surface area contributed by atoms with Crippen molar-refractivity contribution in [3.8, 4) is 0 Å². The number of hydrogen-bond acceptors (Lipinski definition) is 11. The van der Waals surface area contributed by atoms with E-state index in [1.165, 1.54) is 16.7 Å². The minimum Gasteiger partial charge on any atom is -0.477 e. The Labute approximate surface area is 258 Å². The number of amidine groups is 1. The number of amides is 2. The first-order valence-corrected chi connectivity index (χ1v) is 16.1. The van der Waals surface area contributed by atoms with Crippen LogP contribution >= 0.6 is 34.9 Å². The summed E-state index contributed by atoms with van der Waals surface area (Å²) >= 11 is 4.17. The molecule has 0 aliphatic carbocycles. The molecule has 0 radical (unpaired) electrons. The molecule has 0 bridgehead atoms. The fraction of sp³-hybridized carbons (Fsp3) is 0.346. The topological polar surface area (TPSA) is 194 Å². The molecule has 0 unspecified atom stereocenters. The molecule has 226 valence electrons. The molecular weight excluding hydrogens is 615 g/mol. The van der Waals surface area contributed by atoms with E-state index in [2.05, 4.69) is 20.4 Å². The first-order chi connectivity index (χ1) is 20.7. The second-order valence-corrected chi connectivity index (χ2v) is 12.5. The quantitative estimate of drug-likeness (QED) is 0.0419. The Balaban J connectivity index is 1.33. The number of carboxylic acid groups (broad SMARTS) is 1. The Kier molecular flexibility index (Phi) is 9.22. The number of thiazole rings is 1. The van der Waals surface area contributed by atoms with Crippen LogP contribution < -0.4 is 21.4 Å². The van der Waals surface area contributed by atoms with Crippen LogP contribution in [0.25, 0.3) is 5.65 Å². The van der Waals surface area contributed by atoms with E-state index in [9.17, 15) is 19.5 Å². The Morgan fingerprint density at radius 2 is 2.19 bits per heavy atom. The number of nitrogens with one attached hydrogen (secondary N) is 1. The van der Waals surface area contributed by atoms with E-state index in [1.807, 2.05) is 39.6 Å². The van der Waals surface area contributed by atoms with Gasteiger partial charge in [0.05, 0.1) is 12.4 Å². The number of rotatable bonds is 12. The number of imidazole rings is 1. The molecule has 43 heavy (non-hydrogen) atoms. The van der Waals surface area contributed by atoms with Crippen molar-refractivity contribution in [2.24, 2.45) is 15.9 Å². The number of nitrogens with zero attached hydrogens (tertiary/aromatic N) is 6. The van der Waals surface area contributed by atoms with Crippen molar-refractivity contribution in [2.75, 3.05) is 30.4 Å². The first kappa shape index (κ1) is 30.4. The maximum absolute atomic E-state index is 13.3. The molecule has 3 aromatic heterocycles. The lowest BCUT2D eigenvalue weighted by molar-refractivity contribution is -0.662. The van der Waals surface area contributed by atoms with Crippen LogP contribution in [-0.4, -0.2) is 84.8 Å². The third kappa shape index (κ3) is 6.33. The van der Waals surface area contributed by atoms with Gasteiger partial charge in [-0.05, 0) is 26.0 Å². The summed E-state index contributed by atoms with van der Waals surface area (Å²) < 4.78 is 3.98. The van der Waals surface area contributed by atoms with Gasteiger partial charge in [-0.1, -0.05) is 16.9 Å². The summed E-state index contributed by atoms with van der Waals surface area (Å²) in [6, 6.07) is 4.96. The fourth-order valence-electron chi connectivity index (χ4n) is 4.67. The second kappa shape index (κ2) is 13.0. The number of nitrogen functional groups attached to an aromatic ring is 1. The highest BCUT2D eigenvalue weighted by Crippen LogP contribution is 2.40.